The first-order valence-corrected chi connectivity index (χ1v) is 13.8. The largest absolute Gasteiger partial charge is 3.00 e. The zero-order chi connectivity index (χ0) is 28.8. The summed E-state index contributed by atoms with van der Waals surface area (Å²) in [4.78, 5) is 30.1. The van der Waals surface area contributed by atoms with Gasteiger partial charge in [-0.05, 0) is 74.0 Å². The summed E-state index contributed by atoms with van der Waals surface area (Å²) in [5, 5.41) is 30.1. The van der Waals surface area contributed by atoms with E-state index in [9.17, 15) is 29.7 Å². The van der Waals surface area contributed by atoms with Gasteiger partial charge in [0.25, 0.3) is 0 Å². The second-order valence-corrected chi connectivity index (χ2v) is 13.5. The van der Waals surface area contributed by atoms with Crippen LogP contribution in [-0.2, 0) is 31.2 Å². The first-order chi connectivity index (χ1) is 16.2. The van der Waals surface area contributed by atoms with Gasteiger partial charge in [-0.25, -0.2) is 0 Å². The molecule has 223 valence electrons. The number of unbranched alkanes of at least 4 members (excludes halogenated alkanes) is 6. The van der Waals surface area contributed by atoms with Crippen molar-refractivity contribution in [2.24, 2.45) is 16.2 Å². The van der Waals surface area contributed by atoms with Crippen LogP contribution < -0.4 is 15.3 Å². The smallest absolute Gasteiger partial charge is 0.550 e. The Bertz CT molecular complexity index is 494. The summed E-state index contributed by atoms with van der Waals surface area (Å²) < 4.78 is 0. The standard InChI is InChI=1S/3C10H20O2.B.Co/c3*1-10(2,3)8-6-4-5-7-9(11)12;;/h3*4-8H2,1-3H3,(H,11,12);;/q;;;+3;+2/p-3. The zero-order valence-corrected chi connectivity index (χ0v) is 27.0. The molecule has 1 radical (unpaired) electrons. The van der Waals surface area contributed by atoms with E-state index in [-0.39, 0.29) is 44.5 Å². The Kier molecular flexibility index (Phi) is 32.3. The van der Waals surface area contributed by atoms with E-state index >= 15 is 0 Å². The Labute approximate surface area is 247 Å². The van der Waals surface area contributed by atoms with Gasteiger partial charge in [0.2, 0.25) is 0 Å². The molecule has 0 amide bonds. The van der Waals surface area contributed by atoms with Crippen LogP contribution in [0.5, 0.6) is 0 Å². The van der Waals surface area contributed by atoms with Crippen LogP contribution in [0.3, 0.4) is 0 Å². The third kappa shape index (κ3) is 59.8. The summed E-state index contributed by atoms with van der Waals surface area (Å²) in [6.07, 6.45) is 12.8. The molecule has 0 rings (SSSR count). The summed E-state index contributed by atoms with van der Waals surface area (Å²) in [7, 11) is 0. The van der Waals surface area contributed by atoms with Crippen molar-refractivity contribution in [3.63, 3.8) is 0 Å². The molecule has 0 aromatic heterocycles. The van der Waals surface area contributed by atoms with Gasteiger partial charge in [-0.3, -0.25) is 0 Å². The topological polar surface area (TPSA) is 120 Å². The molecule has 8 heteroatoms. The Morgan fingerprint density at radius 1 is 0.421 bits per heavy atom. The minimum Gasteiger partial charge on any atom is -0.550 e. The molecule has 0 aromatic rings. The molecule has 38 heavy (non-hydrogen) atoms. The van der Waals surface area contributed by atoms with Crippen molar-refractivity contribution in [1.82, 2.24) is 0 Å². The predicted octanol–water partition coefficient (Wildman–Crippen LogP) is 4.82. The maximum atomic E-state index is 10.0. The average Bonchev–Trinajstić information content (AvgIpc) is 2.65. The molecule has 0 saturated heterocycles. The number of aliphatic carboxylic acids is 3. The molecule has 0 aromatic carbocycles. The fourth-order valence-corrected chi connectivity index (χ4v) is 3.30. The van der Waals surface area contributed by atoms with Gasteiger partial charge >= 0.3 is 25.2 Å². The van der Waals surface area contributed by atoms with Crippen molar-refractivity contribution in [2.75, 3.05) is 0 Å². The third-order valence-electron chi connectivity index (χ3n) is 5.42. The second kappa shape index (κ2) is 26.2. The molecule has 0 unspecified atom stereocenters. The van der Waals surface area contributed by atoms with Crippen LogP contribution in [0.15, 0.2) is 0 Å². The van der Waals surface area contributed by atoms with Crippen molar-refractivity contribution in [3.05, 3.63) is 0 Å². The van der Waals surface area contributed by atoms with Crippen LogP contribution in [-0.4, -0.2) is 26.3 Å². The Morgan fingerprint density at radius 3 is 0.737 bits per heavy atom. The normalized spacial score (nSPS) is 11.0. The van der Waals surface area contributed by atoms with Gasteiger partial charge in [-0.1, -0.05) is 101 Å². The summed E-state index contributed by atoms with van der Waals surface area (Å²) in [6, 6.07) is 0. The molecule has 0 atom stereocenters. The van der Waals surface area contributed by atoms with Crippen molar-refractivity contribution >= 4 is 26.3 Å². The van der Waals surface area contributed by atoms with Gasteiger partial charge in [-0.15, -0.1) is 0 Å². The average molecular weight is 584 g/mol. The van der Waals surface area contributed by atoms with Crippen molar-refractivity contribution in [1.29, 1.82) is 0 Å². The van der Waals surface area contributed by atoms with Crippen molar-refractivity contribution in [3.8, 4) is 0 Å². The van der Waals surface area contributed by atoms with E-state index in [0.717, 1.165) is 57.8 Å². The van der Waals surface area contributed by atoms with Crippen LogP contribution in [0.25, 0.3) is 0 Å². The van der Waals surface area contributed by atoms with Crippen LogP contribution >= 0.6 is 0 Å². The molecule has 0 N–H and O–H groups in total. The fraction of sp³-hybridized carbons (Fsp3) is 0.900. The number of hydrogen-bond acceptors (Lipinski definition) is 6. The maximum absolute atomic E-state index is 10.0. The van der Waals surface area contributed by atoms with Crippen molar-refractivity contribution < 1.29 is 46.5 Å². The molecule has 0 heterocycles. The molecule has 0 aliphatic heterocycles. The van der Waals surface area contributed by atoms with E-state index < -0.39 is 17.9 Å². The molecular formula is C30H57BCoO6+2. The first-order valence-electron chi connectivity index (χ1n) is 13.8. The van der Waals surface area contributed by atoms with Gasteiger partial charge in [-0.2, -0.15) is 0 Å². The van der Waals surface area contributed by atoms with Gasteiger partial charge in [0, 0.05) is 17.9 Å². The van der Waals surface area contributed by atoms with Crippen LogP contribution in [0.2, 0.25) is 0 Å². The molecule has 0 spiro atoms. The summed E-state index contributed by atoms with van der Waals surface area (Å²) in [5.41, 5.74) is 1.13. The van der Waals surface area contributed by atoms with Crippen molar-refractivity contribution in [2.45, 2.75) is 159 Å². The van der Waals surface area contributed by atoms with E-state index in [1.807, 2.05) is 0 Å². The van der Waals surface area contributed by atoms with Crippen LogP contribution in [0.4, 0.5) is 0 Å². The monoisotopic (exact) mass is 583 g/mol. The van der Waals surface area contributed by atoms with E-state index in [0.29, 0.717) is 16.2 Å². The Hall–Kier alpha value is -1.02. The first kappa shape index (κ1) is 46.8. The number of carboxylic acids is 3. The molecule has 0 saturated carbocycles. The fourth-order valence-electron chi connectivity index (χ4n) is 3.30. The summed E-state index contributed by atoms with van der Waals surface area (Å²) in [6.45, 7) is 19.8. The second-order valence-electron chi connectivity index (χ2n) is 13.5. The van der Waals surface area contributed by atoms with Crippen LogP contribution in [0, 0.1) is 16.2 Å². The predicted molar refractivity (Wildman–Crippen MR) is 148 cm³/mol. The quantitative estimate of drug-likeness (QED) is 0.202. The minimum atomic E-state index is -0.925. The molecule has 6 nitrogen and oxygen atoms in total. The summed E-state index contributed by atoms with van der Waals surface area (Å²) >= 11 is 0. The van der Waals surface area contributed by atoms with Gasteiger partial charge < -0.3 is 29.7 Å². The number of carboxylic acid groups (broad SMARTS) is 3. The molecule has 0 fully saturated rings. The third-order valence-corrected chi connectivity index (χ3v) is 5.42. The van der Waals surface area contributed by atoms with Gasteiger partial charge in [0.05, 0.1) is 0 Å². The van der Waals surface area contributed by atoms with E-state index in [1.54, 1.807) is 0 Å². The Morgan fingerprint density at radius 2 is 0.605 bits per heavy atom. The maximum Gasteiger partial charge on any atom is 3.00 e. The van der Waals surface area contributed by atoms with E-state index in [4.69, 9.17) is 0 Å². The number of rotatable bonds is 15. The van der Waals surface area contributed by atoms with Gasteiger partial charge in [0.1, 0.15) is 0 Å². The number of carbonyl (C=O) groups is 3. The zero-order valence-electron chi connectivity index (χ0n) is 26.0. The molecular weight excluding hydrogens is 526 g/mol. The SMILES string of the molecule is CC(C)(C)CCCCCC(=O)[O-].CC(C)(C)CCCCCC(=O)[O-].CC(C)(C)CCCCCC(=O)[O-].[B+3].[Co+2]. The number of carbonyl (C=O) groups excluding carboxylic acids is 3. The molecule has 0 aliphatic carbocycles. The minimum absolute atomic E-state index is 0. The van der Waals surface area contributed by atoms with Crippen LogP contribution in [0.1, 0.15) is 159 Å². The van der Waals surface area contributed by atoms with E-state index in [2.05, 4.69) is 62.3 Å². The van der Waals surface area contributed by atoms with E-state index in [1.165, 1.54) is 19.3 Å². The summed E-state index contributed by atoms with van der Waals surface area (Å²) in [5.74, 6) is -2.78. The van der Waals surface area contributed by atoms with Gasteiger partial charge in [0.15, 0.2) is 0 Å². The Balaban J connectivity index is -0.000000140. The molecule has 0 bridgehead atoms. The number of hydrogen-bond donors (Lipinski definition) is 0. The molecule has 0 aliphatic rings.